The zero-order chi connectivity index (χ0) is 20.0. The van der Waals surface area contributed by atoms with Crippen LogP contribution < -0.4 is 11.2 Å². The Morgan fingerprint density at radius 1 is 0.667 bits per heavy atom. The average Bonchev–Trinajstić information content (AvgIpc) is 2.68. The van der Waals surface area contributed by atoms with Crippen molar-refractivity contribution in [2.24, 2.45) is 10.8 Å². The molecule has 0 aromatic heterocycles. The molecule has 27 heavy (non-hydrogen) atoms. The zero-order valence-electron chi connectivity index (χ0n) is 18.9. The summed E-state index contributed by atoms with van der Waals surface area (Å²) in [6.45, 7) is 8.94. The Kier molecular flexibility index (Phi) is 20.9. The summed E-state index contributed by atoms with van der Waals surface area (Å²) in [6, 6.07) is 0. The molecular formula is C23H50N4. The first-order chi connectivity index (χ1) is 13.3. The molecule has 0 saturated carbocycles. The Morgan fingerprint density at radius 2 is 1.07 bits per heavy atom. The van der Waals surface area contributed by atoms with E-state index < -0.39 is 0 Å². The third kappa shape index (κ3) is 18.4. The van der Waals surface area contributed by atoms with Gasteiger partial charge in [0, 0.05) is 19.6 Å². The van der Waals surface area contributed by atoms with Crippen LogP contribution in [-0.2, 0) is 0 Å². The van der Waals surface area contributed by atoms with Crippen molar-refractivity contribution in [2.75, 3.05) is 19.6 Å². The van der Waals surface area contributed by atoms with Gasteiger partial charge in [-0.05, 0) is 20.3 Å². The van der Waals surface area contributed by atoms with Gasteiger partial charge in [0.05, 0.1) is 0 Å². The maximum Gasteiger partial charge on any atom is 0.208 e. The van der Waals surface area contributed by atoms with Crippen LogP contribution in [0.15, 0.2) is 4.99 Å². The lowest BCUT2D eigenvalue weighted by Gasteiger charge is -2.19. The summed E-state index contributed by atoms with van der Waals surface area (Å²) in [5.41, 5.74) is 0. The van der Waals surface area contributed by atoms with Crippen LogP contribution >= 0.6 is 0 Å². The maximum atomic E-state index is 5.92. The summed E-state index contributed by atoms with van der Waals surface area (Å²) in [4.78, 5) is 4.59. The van der Waals surface area contributed by atoms with E-state index in [0.29, 0.717) is 0 Å². The minimum absolute atomic E-state index is 0.783. The number of hydrogen-bond acceptors (Lipinski definition) is 2. The molecule has 0 aliphatic rings. The molecular weight excluding hydrogens is 332 g/mol. The Bertz CT molecular complexity index is 318. The first kappa shape index (κ1) is 26.2. The van der Waals surface area contributed by atoms with Gasteiger partial charge in [-0.2, -0.15) is 0 Å². The minimum Gasteiger partial charge on any atom is -0.355 e. The van der Waals surface area contributed by atoms with Crippen LogP contribution in [0.5, 0.6) is 0 Å². The molecule has 0 bridgehead atoms. The van der Waals surface area contributed by atoms with Crippen LogP contribution in [0.1, 0.15) is 124 Å². The van der Waals surface area contributed by atoms with Gasteiger partial charge in [0.1, 0.15) is 0 Å². The van der Waals surface area contributed by atoms with Crippen molar-refractivity contribution in [3.63, 3.8) is 0 Å². The number of hydrazine groups is 1. The highest BCUT2D eigenvalue weighted by molar-refractivity contribution is 5.79. The molecule has 0 saturated heterocycles. The normalized spacial score (nSPS) is 11.8. The second-order valence-electron chi connectivity index (χ2n) is 7.82. The Morgan fingerprint density at radius 3 is 1.44 bits per heavy atom. The van der Waals surface area contributed by atoms with Crippen LogP contribution in [0, 0.1) is 0 Å². The first-order valence-electron chi connectivity index (χ1n) is 12.1. The van der Waals surface area contributed by atoms with Crippen LogP contribution in [-0.4, -0.2) is 30.6 Å². The van der Waals surface area contributed by atoms with Crippen molar-refractivity contribution in [1.29, 1.82) is 0 Å². The number of rotatable bonds is 19. The van der Waals surface area contributed by atoms with Crippen molar-refractivity contribution in [1.82, 2.24) is 10.3 Å². The van der Waals surface area contributed by atoms with E-state index in [-0.39, 0.29) is 0 Å². The molecule has 4 nitrogen and oxygen atoms in total. The minimum atomic E-state index is 0.783. The molecule has 162 valence electrons. The van der Waals surface area contributed by atoms with Gasteiger partial charge in [0.15, 0.2) is 0 Å². The van der Waals surface area contributed by atoms with Gasteiger partial charge in [-0.3, -0.25) is 10.0 Å². The predicted molar refractivity (Wildman–Crippen MR) is 122 cm³/mol. The van der Waals surface area contributed by atoms with Crippen LogP contribution in [0.2, 0.25) is 0 Å². The second kappa shape index (κ2) is 21.5. The predicted octanol–water partition coefficient (Wildman–Crippen LogP) is 6.41. The molecule has 0 amide bonds. The van der Waals surface area contributed by atoms with Crippen molar-refractivity contribution >= 4 is 5.96 Å². The number of nitrogens with one attached hydrogen (secondary N) is 1. The quantitative estimate of drug-likeness (QED) is 0.0892. The van der Waals surface area contributed by atoms with Crippen LogP contribution in [0.4, 0.5) is 0 Å². The highest BCUT2D eigenvalue weighted by Gasteiger charge is 2.02. The van der Waals surface area contributed by atoms with Crippen LogP contribution in [0.25, 0.3) is 0 Å². The zero-order valence-corrected chi connectivity index (χ0v) is 18.9. The smallest absolute Gasteiger partial charge is 0.208 e. The summed E-state index contributed by atoms with van der Waals surface area (Å²) >= 11 is 0. The molecule has 0 radical (unpaired) electrons. The van der Waals surface area contributed by atoms with Gasteiger partial charge in [-0.25, -0.2) is 5.84 Å². The molecule has 0 aromatic carbocycles. The largest absolute Gasteiger partial charge is 0.355 e. The lowest BCUT2D eigenvalue weighted by molar-refractivity contribution is 0.443. The summed E-state index contributed by atoms with van der Waals surface area (Å²) < 4.78 is 0. The van der Waals surface area contributed by atoms with E-state index in [2.05, 4.69) is 24.2 Å². The summed E-state index contributed by atoms with van der Waals surface area (Å²) in [7, 11) is 0. The van der Waals surface area contributed by atoms with Crippen LogP contribution in [0.3, 0.4) is 0 Å². The van der Waals surface area contributed by atoms with Crippen molar-refractivity contribution in [2.45, 2.75) is 124 Å². The van der Waals surface area contributed by atoms with E-state index in [4.69, 9.17) is 5.84 Å². The van der Waals surface area contributed by atoms with Gasteiger partial charge >= 0.3 is 0 Å². The molecule has 0 aliphatic carbocycles. The molecule has 0 aliphatic heterocycles. The highest BCUT2D eigenvalue weighted by atomic mass is 15.5. The number of nitrogens with two attached hydrogens (primary N) is 1. The third-order valence-corrected chi connectivity index (χ3v) is 5.22. The van der Waals surface area contributed by atoms with Gasteiger partial charge in [-0.1, -0.05) is 103 Å². The van der Waals surface area contributed by atoms with E-state index in [9.17, 15) is 0 Å². The third-order valence-electron chi connectivity index (χ3n) is 5.22. The molecule has 0 aromatic rings. The topological polar surface area (TPSA) is 53.7 Å². The number of aliphatic imine (C=N–C) groups is 1. The number of unbranched alkanes of at least 4 members (excludes halogenated alkanes) is 15. The molecule has 0 heterocycles. The van der Waals surface area contributed by atoms with E-state index in [0.717, 1.165) is 25.6 Å². The van der Waals surface area contributed by atoms with E-state index >= 15 is 0 Å². The van der Waals surface area contributed by atoms with Crippen molar-refractivity contribution < 1.29 is 0 Å². The molecule has 4 heteroatoms. The van der Waals surface area contributed by atoms with Gasteiger partial charge in [0.2, 0.25) is 5.96 Å². The first-order valence-corrected chi connectivity index (χ1v) is 12.1. The Balaban J connectivity index is 3.31. The van der Waals surface area contributed by atoms with E-state index in [1.165, 1.54) is 103 Å². The fourth-order valence-electron chi connectivity index (χ4n) is 3.40. The lowest BCUT2D eigenvalue weighted by Crippen LogP contribution is -2.45. The number of guanidine groups is 1. The summed E-state index contributed by atoms with van der Waals surface area (Å²) in [5.74, 6) is 6.75. The highest BCUT2D eigenvalue weighted by Crippen LogP contribution is 2.13. The Hall–Kier alpha value is -0.770. The molecule has 3 N–H and O–H groups in total. The van der Waals surface area contributed by atoms with E-state index in [1.54, 1.807) is 5.01 Å². The lowest BCUT2D eigenvalue weighted by atomic mass is 10.0. The molecule has 0 rings (SSSR count). The van der Waals surface area contributed by atoms with Gasteiger partial charge in [-0.15, -0.1) is 0 Å². The molecule has 0 unspecified atom stereocenters. The molecule has 0 spiro atoms. The SMILES string of the molecule is CCCCCCCCCCCCCCCCCCN=C(NCC)N(N)CC. The van der Waals surface area contributed by atoms with Gasteiger partial charge in [0.25, 0.3) is 0 Å². The monoisotopic (exact) mass is 382 g/mol. The summed E-state index contributed by atoms with van der Waals surface area (Å²) in [5, 5.41) is 4.93. The Labute approximate surface area is 170 Å². The number of hydrogen-bond donors (Lipinski definition) is 2. The number of nitrogens with zero attached hydrogens (tertiary/aromatic N) is 2. The summed E-state index contributed by atoms with van der Waals surface area (Å²) in [6.07, 6.45) is 22.5. The fourth-order valence-corrected chi connectivity index (χ4v) is 3.40. The molecule has 0 fully saturated rings. The van der Waals surface area contributed by atoms with Crippen molar-refractivity contribution in [3.05, 3.63) is 0 Å². The fraction of sp³-hybridized carbons (Fsp3) is 0.957. The molecule has 0 atom stereocenters. The van der Waals surface area contributed by atoms with E-state index in [1.807, 2.05) is 6.92 Å². The van der Waals surface area contributed by atoms with Crippen molar-refractivity contribution in [3.8, 4) is 0 Å². The second-order valence-corrected chi connectivity index (χ2v) is 7.82. The standard InChI is InChI=1S/C23H50N4/c1-4-7-8-9-10-11-12-13-14-15-16-17-18-19-20-21-22-26-23(25-5-2)27(24)6-3/h4-22,24H2,1-3H3,(H,25,26). The maximum absolute atomic E-state index is 5.92. The van der Waals surface area contributed by atoms with Gasteiger partial charge < -0.3 is 5.32 Å². The average molecular weight is 383 g/mol.